The van der Waals surface area contributed by atoms with Crippen LogP contribution in [0.3, 0.4) is 0 Å². The van der Waals surface area contributed by atoms with Crippen LogP contribution in [-0.2, 0) is 16.0 Å². The molecule has 5 heteroatoms. The summed E-state index contributed by atoms with van der Waals surface area (Å²) in [6.45, 7) is 3.95. The second kappa shape index (κ2) is 8.33. The smallest absolute Gasteiger partial charge is 0.243 e. The molecule has 0 heterocycles. The van der Waals surface area contributed by atoms with Crippen molar-refractivity contribution in [3.05, 3.63) is 59.2 Å². The molecule has 0 spiro atoms. The topological polar surface area (TPSA) is 58.6 Å². The zero-order valence-corrected chi connectivity index (χ0v) is 15.1. The molecule has 0 unspecified atom stereocenters. The molecule has 2 aromatic rings. The van der Waals surface area contributed by atoms with Gasteiger partial charge in [0.15, 0.2) is 0 Å². The van der Waals surface area contributed by atoms with E-state index in [2.05, 4.69) is 5.32 Å². The van der Waals surface area contributed by atoms with E-state index in [9.17, 15) is 9.59 Å². The van der Waals surface area contributed by atoms with Crippen molar-refractivity contribution in [3.63, 3.8) is 0 Å². The van der Waals surface area contributed by atoms with Gasteiger partial charge >= 0.3 is 0 Å². The van der Waals surface area contributed by atoms with Crippen LogP contribution in [-0.4, -0.2) is 37.4 Å². The van der Waals surface area contributed by atoms with Crippen LogP contribution in [0.5, 0.6) is 5.75 Å². The van der Waals surface area contributed by atoms with Gasteiger partial charge in [-0.25, -0.2) is 0 Å². The fraction of sp³-hybridized carbons (Fsp3) is 0.300. The van der Waals surface area contributed by atoms with Crippen LogP contribution >= 0.6 is 0 Å². The van der Waals surface area contributed by atoms with Crippen LogP contribution in [0, 0.1) is 13.8 Å². The van der Waals surface area contributed by atoms with Crippen LogP contribution in [0.2, 0.25) is 0 Å². The van der Waals surface area contributed by atoms with Gasteiger partial charge in [0, 0.05) is 18.3 Å². The zero-order valence-electron chi connectivity index (χ0n) is 15.1. The lowest BCUT2D eigenvalue weighted by Crippen LogP contribution is -2.35. The average Bonchev–Trinajstić information content (AvgIpc) is 2.57. The van der Waals surface area contributed by atoms with E-state index < -0.39 is 0 Å². The Labute approximate surface area is 148 Å². The Balaban J connectivity index is 1.94. The van der Waals surface area contributed by atoms with Gasteiger partial charge in [0.1, 0.15) is 5.75 Å². The van der Waals surface area contributed by atoms with Gasteiger partial charge in [-0.3, -0.25) is 9.59 Å². The zero-order chi connectivity index (χ0) is 18.4. The van der Waals surface area contributed by atoms with Crippen molar-refractivity contribution in [2.24, 2.45) is 0 Å². The largest absolute Gasteiger partial charge is 0.496 e. The molecule has 0 aliphatic heterocycles. The third-order valence-electron chi connectivity index (χ3n) is 3.92. The fourth-order valence-corrected chi connectivity index (χ4v) is 2.48. The number of benzene rings is 2. The van der Waals surface area contributed by atoms with E-state index in [0.29, 0.717) is 5.75 Å². The molecular weight excluding hydrogens is 316 g/mol. The molecule has 0 bridgehead atoms. The highest BCUT2D eigenvalue weighted by Gasteiger charge is 2.16. The lowest BCUT2D eigenvalue weighted by Gasteiger charge is -2.18. The summed E-state index contributed by atoms with van der Waals surface area (Å²) in [7, 11) is 3.21. The highest BCUT2D eigenvalue weighted by Crippen LogP contribution is 2.20. The van der Waals surface area contributed by atoms with Crippen LogP contribution in [0.4, 0.5) is 5.69 Å². The number of aryl methyl sites for hydroxylation is 2. The first-order valence-corrected chi connectivity index (χ1v) is 8.13. The molecule has 0 radical (unpaired) electrons. The van der Waals surface area contributed by atoms with Crippen molar-refractivity contribution in [2.45, 2.75) is 20.3 Å². The Hall–Kier alpha value is -2.82. The maximum absolute atomic E-state index is 12.4. The number of ether oxygens (including phenoxy) is 1. The molecule has 1 N–H and O–H groups in total. The summed E-state index contributed by atoms with van der Waals surface area (Å²) in [5, 5.41) is 2.79. The Morgan fingerprint density at radius 3 is 2.32 bits per heavy atom. The van der Waals surface area contributed by atoms with E-state index in [1.165, 1.54) is 4.90 Å². The minimum absolute atomic E-state index is 0.000834. The van der Waals surface area contributed by atoms with Crippen molar-refractivity contribution in [3.8, 4) is 5.75 Å². The van der Waals surface area contributed by atoms with Gasteiger partial charge in [0.25, 0.3) is 0 Å². The van der Waals surface area contributed by atoms with E-state index in [-0.39, 0.29) is 24.8 Å². The molecular formula is C20H24N2O3. The Kier molecular flexibility index (Phi) is 6.17. The average molecular weight is 340 g/mol. The molecule has 2 aromatic carbocycles. The number of rotatable bonds is 6. The van der Waals surface area contributed by atoms with Gasteiger partial charge in [-0.15, -0.1) is 0 Å². The molecule has 5 nitrogen and oxygen atoms in total. The molecule has 25 heavy (non-hydrogen) atoms. The highest BCUT2D eigenvalue weighted by molar-refractivity contribution is 5.94. The first-order chi connectivity index (χ1) is 11.9. The lowest BCUT2D eigenvalue weighted by molar-refractivity contribution is -0.132. The van der Waals surface area contributed by atoms with Crippen LogP contribution in [0.1, 0.15) is 16.7 Å². The molecule has 0 saturated heterocycles. The van der Waals surface area contributed by atoms with Crippen molar-refractivity contribution >= 4 is 17.5 Å². The maximum atomic E-state index is 12.4. The van der Waals surface area contributed by atoms with E-state index in [1.807, 2.05) is 56.3 Å². The Morgan fingerprint density at radius 1 is 1.04 bits per heavy atom. The van der Waals surface area contributed by atoms with Crippen molar-refractivity contribution in [1.82, 2.24) is 4.90 Å². The second-order valence-corrected chi connectivity index (χ2v) is 6.16. The molecule has 132 valence electrons. The number of nitrogens with one attached hydrogen (secondary N) is 1. The third-order valence-corrected chi connectivity index (χ3v) is 3.92. The molecule has 0 saturated carbocycles. The van der Waals surface area contributed by atoms with Gasteiger partial charge in [-0.05, 0) is 32.0 Å². The number of methoxy groups -OCH3 is 1. The second-order valence-electron chi connectivity index (χ2n) is 6.16. The van der Waals surface area contributed by atoms with Crippen molar-refractivity contribution in [2.75, 3.05) is 26.0 Å². The predicted octanol–water partition coefficient (Wildman–Crippen LogP) is 2.95. The van der Waals surface area contributed by atoms with Gasteiger partial charge in [-0.2, -0.15) is 0 Å². The molecule has 0 aromatic heterocycles. The summed E-state index contributed by atoms with van der Waals surface area (Å²) in [5.41, 5.74) is 3.72. The van der Waals surface area contributed by atoms with Crippen LogP contribution in [0.15, 0.2) is 42.5 Å². The van der Waals surface area contributed by atoms with Gasteiger partial charge in [-0.1, -0.05) is 35.4 Å². The summed E-state index contributed by atoms with van der Waals surface area (Å²) in [6, 6.07) is 13.2. The fourth-order valence-electron chi connectivity index (χ4n) is 2.48. The first kappa shape index (κ1) is 18.5. The summed E-state index contributed by atoms with van der Waals surface area (Å²) < 4.78 is 5.30. The van der Waals surface area contributed by atoms with Gasteiger partial charge < -0.3 is 15.0 Å². The van der Waals surface area contributed by atoms with E-state index >= 15 is 0 Å². The van der Waals surface area contributed by atoms with E-state index in [0.717, 1.165) is 22.4 Å². The lowest BCUT2D eigenvalue weighted by atomic mass is 10.1. The summed E-state index contributed by atoms with van der Waals surface area (Å²) in [4.78, 5) is 25.9. The molecule has 2 rings (SSSR count). The molecule has 0 atom stereocenters. The molecule has 0 fully saturated rings. The minimum Gasteiger partial charge on any atom is -0.496 e. The number of nitrogens with zero attached hydrogens (tertiary/aromatic N) is 1. The minimum atomic E-state index is -0.226. The summed E-state index contributed by atoms with van der Waals surface area (Å²) in [6.07, 6.45) is 0.194. The molecule has 0 aliphatic carbocycles. The predicted molar refractivity (Wildman–Crippen MR) is 98.9 cm³/mol. The number of carbonyl (C=O) groups is 2. The Morgan fingerprint density at radius 2 is 1.68 bits per heavy atom. The van der Waals surface area contributed by atoms with Crippen LogP contribution < -0.4 is 10.1 Å². The van der Waals surface area contributed by atoms with Crippen molar-refractivity contribution < 1.29 is 14.3 Å². The SMILES string of the molecule is COc1ccc(C)cc1CC(=O)N(C)CC(=O)Nc1ccc(C)cc1. The number of anilines is 1. The standard InChI is InChI=1S/C20H24N2O3/c1-14-5-8-17(9-6-14)21-19(23)13-22(3)20(24)12-16-11-15(2)7-10-18(16)25-4/h5-11H,12-13H2,1-4H3,(H,21,23). The highest BCUT2D eigenvalue weighted by atomic mass is 16.5. The summed E-state index contributed by atoms with van der Waals surface area (Å²) >= 11 is 0. The third kappa shape index (κ3) is 5.35. The van der Waals surface area contributed by atoms with E-state index in [4.69, 9.17) is 4.74 Å². The number of amides is 2. The Bertz CT molecular complexity index is 754. The number of hydrogen-bond acceptors (Lipinski definition) is 3. The van der Waals surface area contributed by atoms with E-state index in [1.54, 1.807) is 14.2 Å². The number of hydrogen-bond donors (Lipinski definition) is 1. The monoisotopic (exact) mass is 340 g/mol. The van der Waals surface area contributed by atoms with Crippen molar-refractivity contribution in [1.29, 1.82) is 0 Å². The first-order valence-electron chi connectivity index (χ1n) is 8.13. The van der Waals surface area contributed by atoms with Gasteiger partial charge in [0.05, 0.1) is 20.1 Å². The summed E-state index contributed by atoms with van der Waals surface area (Å²) in [5.74, 6) is 0.315. The normalized spacial score (nSPS) is 10.2. The quantitative estimate of drug-likeness (QED) is 0.879. The molecule has 0 aliphatic rings. The van der Waals surface area contributed by atoms with Gasteiger partial charge in [0.2, 0.25) is 11.8 Å². The molecule has 2 amide bonds. The number of carbonyl (C=O) groups excluding carboxylic acids is 2. The number of likely N-dealkylation sites (N-methyl/N-ethyl adjacent to an activating group) is 1. The van der Waals surface area contributed by atoms with Crippen LogP contribution in [0.25, 0.3) is 0 Å². The maximum Gasteiger partial charge on any atom is 0.243 e.